The number of halogens is 2. The molecule has 0 spiro atoms. The van der Waals surface area contributed by atoms with Crippen LogP contribution in [0.15, 0.2) is 12.1 Å². The second-order valence-corrected chi connectivity index (χ2v) is 5.15. The van der Waals surface area contributed by atoms with Gasteiger partial charge in [-0.2, -0.15) is 0 Å². The number of anilines is 1. The van der Waals surface area contributed by atoms with Crippen LogP contribution >= 0.6 is 11.6 Å². The number of rotatable bonds is 8. The van der Waals surface area contributed by atoms with Crippen LogP contribution in [0.1, 0.15) is 24.5 Å². The van der Waals surface area contributed by atoms with Crippen molar-refractivity contribution in [2.24, 2.45) is 0 Å². The number of nitrogens with zero attached hydrogens (tertiary/aromatic N) is 1. The lowest BCUT2D eigenvalue weighted by Gasteiger charge is -2.21. The first-order valence-electron chi connectivity index (χ1n) is 6.40. The van der Waals surface area contributed by atoms with Crippen LogP contribution in [0.2, 0.25) is 5.02 Å². The van der Waals surface area contributed by atoms with Crippen LogP contribution < -0.4 is 5.32 Å². The van der Waals surface area contributed by atoms with E-state index >= 15 is 0 Å². The zero-order valence-corrected chi connectivity index (χ0v) is 12.7. The Morgan fingerprint density at radius 3 is 2.75 bits per heavy atom. The molecule has 1 N–H and O–H groups in total. The normalized spacial score (nSPS) is 12.3. The maximum absolute atomic E-state index is 14.2. The first kappa shape index (κ1) is 16.7. The van der Waals surface area contributed by atoms with E-state index in [-0.39, 0.29) is 5.02 Å². The van der Waals surface area contributed by atoms with E-state index in [1.165, 1.54) is 6.07 Å². The molecule has 0 aliphatic carbocycles. The first-order valence-corrected chi connectivity index (χ1v) is 6.78. The van der Waals surface area contributed by atoms with E-state index < -0.39 is 11.9 Å². The van der Waals surface area contributed by atoms with Gasteiger partial charge in [-0.1, -0.05) is 11.6 Å². The topological polar surface area (TPSA) is 41.6 Å². The Bertz CT molecular complexity index is 455. The first-order chi connectivity index (χ1) is 9.51. The second kappa shape index (κ2) is 8.07. The Morgan fingerprint density at radius 2 is 2.20 bits per heavy atom. The van der Waals surface area contributed by atoms with Crippen LogP contribution in [0.4, 0.5) is 10.1 Å². The fraction of sp³-hybridized carbons (Fsp3) is 0.500. The Kier molecular flexibility index (Phi) is 6.75. The van der Waals surface area contributed by atoms with Crippen molar-refractivity contribution in [3.63, 3.8) is 0 Å². The Hall–Kier alpha value is -1.33. The summed E-state index contributed by atoms with van der Waals surface area (Å²) in [5.41, 5.74) is 0.870. The highest BCUT2D eigenvalue weighted by Gasteiger charge is 2.22. The van der Waals surface area contributed by atoms with Crippen molar-refractivity contribution in [3.8, 4) is 0 Å². The Balaban J connectivity index is 3.00. The van der Waals surface area contributed by atoms with Crippen LogP contribution in [0.5, 0.6) is 0 Å². The summed E-state index contributed by atoms with van der Waals surface area (Å²) in [5, 5.41) is 2.92. The summed E-state index contributed by atoms with van der Waals surface area (Å²) >= 11 is 5.82. The number of hydrogen-bond acceptors (Lipinski definition) is 4. The van der Waals surface area contributed by atoms with Gasteiger partial charge in [0.05, 0.1) is 10.6 Å². The monoisotopic (exact) mass is 302 g/mol. The van der Waals surface area contributed by atoms with Gasteiger partial charge in [-0.05, 0) is 45.6 Å². The van der Waals surface area contributed by atoms with E-state index in [1.54, 1.807) is 13.1 Å². The molecule has 4 nitrogen and oxygen atoms in total. The molecule has 1 rings (SSSR count). The Labute approximate surface area is 123 Å². The molecule has 0 aliphatic rings. The van der Waals surface area contributed by atoms with Gasteiger partial charge in [-0.3, -0.25) is 4.79 Å². The quantitative estimate of drug-likeness (QED) is 0.749. The smallest absolute Gasteiger partial charge is 0.293 e. The predicted octanol–water partition coefficient (Wildman–Crippen LogP) is 3.08. The molecule has 20 heavy (non-hydrogen) atoms. The van der Waals surface area contributed by atoms with Crippen molar-refractivity contribution < 1.29 is 13.9 Å². The lowest BCUT2D eigenvalue weighted by atomic mass is 10.0. The summed E-state index contributed by atoms with van der Waals surface area (Å²) in [7, 11) is 5.59. The van der Waals surface area contributed by atoms with Gasteiger partial charge in [0.15, 0.2) is 5.82 Å². The van der Waals surface area contributed by atoms with Crippen molar-refractivity contribution in [3.05, 3.63) is 28.5 Å². The average molecular weight is 303 g/mol. The average Bonchev–Trinajstić information content (AvgIpc) is 2.40. The van der Waals surface area contributed by atoms with Gasteiger partial charge < -0.3 is 15.0 Å². The van der Waals surface area contributed by atoms with Gasteiger partial charge in [0.2, 0.25) is 0 Å². The van der Waals surface area contributed by atoms with E-state index in [0.29, 0.717) is 24.1 Å². The van der Waals surface area contributed by atoms with E-state index in [9.17, 15) is 9.18 Å². The van der Waals surface area contributed by atoms with Crippen molar-refractivity contribution in [2.45, 2.75) is 18.9 Å². The number of ether oxygens (including phenoxy) is 1. The third-order valence-electron chi connectivity index (χ3n) is 3.02. The number of carbonyl (C=O) groups excluding carboxylic acids is 1. The minimum atomic E-state index is -0.645. The van der Waals surface area contributed by atoms with E-state index in [1.807, 2.05) is 19.0 Å². The minimum absolute atomic E-state index is 0.0195. The van der Waals surface area contributed by atoms with E-state index in [4.69, 9.17) is 16.3 Å². The van der Waals surface area contributed by atoms with Gasteiger partial charge in [-0.15, -0.1) is 0 Å². The third-order valence-corrected chi connectivity index (χ3v) is 3.31. The molecule has 1 atom stereocenters. The molecule has 0 bridgehead atoms. The van der Waals surface area contributed by atoms with Gasteiger partial charge in [0, 0.05) is 12.7 Å². The zero-order valence-electron chi connectivity index (χ0n) is 12.0. The largest absolute Gasteiger partial charge is 0.460 e. The Morgan fingerprint density at radius 1 is 1.50 bits per heavy atom. The zero-order chi connectivity index (χ0) is 15.1. The molecule has 0 amide bonds. The number of benzene rings is 1. The van der Waals surface area contributed by atoms with Crippen LogP contribution in [0.25, 0.3) is 0 Å². The van der Waals surface area contributed by atoms with Gasteiger partial charge >= 0.3 is 0 Å². The molecule has 0 aliphatic heterocycles. The van der Waals surface area contributed by atoms with Crippen molar-refractivity contribution in [1.82, 2.24) is 4.90 Å². The highest BCUT2D eigenvalue weighted by atomic mass is 35.5. The number of hydrogen-bond donors (Lipinski definition) is 1. The van der Waals surface area contributed by atoms with Gasteiger partial charge in [0.1, 0.15) is 6.10 Å². The molecule has 0 saturated carbocycles. The maximum atomic E-state index is 14.2. The minimum Gasteiger partial charge on any atom is -0.460 e. The van der Waals surface area contributed by atoms with Crippen LogP contribution in [0, 0.1) is 5.82 Å². The summed E-state index contributed by atoms with van der Waals surface area (Å²) in [6.07, 6.45) is 0.664. The molecule has 0 heterocycles. The summed E-state index contributed by atoms with van der Waals surface area (Å²) in [4.78, 5) is 12.7. The highest BCUT2D eigenvalue weighted by Crippen LogP contribution is 2.34. The summed E-state index contributed by atoms with van der Waals surface area (Å²) in [5.74, 6) is -0.546. The predicted molar refractivity (Wildman–Crippen MR) is 78.6 cm³/mol. The fourth-order valence-electron chi connectivity index (χ4n) is 2.04. The van der Waals surface area contributed by atoms with Gasteiger partial charge in [0.25, 0.3) is 6.47 Å². The molecule has 112 valence electrons. The standard InChI is InChI=1S/C14H20ClFN2O2/c1-17-11-7-6-10(15)14(16)13(11)12(20-9-19)5-4-8-18(2)3/h6-7,9,12,17H,4-5,8H2,1-3H3. The molecular formula is C14H20ClFN2O2. The van der Waals surface area contributed by atoms with Crippen LogP contribution in [-0.4, -0.2) is 39.1 Å². The molecule has 1 aromatic rings. The molecule has 0 fully saturated rings. The molecule has 6 heteroatoms. The molecule has 1 unspecified atom stereocenters. The molecule has 0 aromatic heterocycles. The highest BCUT2D eigenvalue weighted by molar-refractivity contribution is 6.30. The lowest BCUT2D eigenvalue weighted by molar-refractivity contribution is -0.134. The van der Waals surface area contributed by atoms with Crippen molar-refractivity contribution in [2.75, 3.05) is 33.0 Å². The maximum Gasteiger partial charge on any atom is 0.293 e. The molecule has 1 aromatic carbocycles. The molecule has 0 radical (unpaired) electrons. The summed E-state index contributed by atoms with van der Waals surface area (Å²) in [6.45, 7) is 1.18. The third kappa shape index (κ3) is 4.35. The SMILES string of the molecule is CNc1ccc(Cl)c(F)c1C(CCCN(C)C)OC=O. The second-order valence-electron chi connectivity index (χ2n) is 4.74. The van der Waals surface area contributed by atoms with Crippen molar-refractivity contribution >= 4 is 23.8 Å². The van der Waals surface area contributed by atoms with Gasteiger partial charge in [-0.25, -0.2) is 4.39 Å². The fourth-order valence-corrected chi connectivity index (χ4v) is 2.20. The molecule has 0 saturated heterocycles. The number of nitrogens with one attached hydrogen (secondary N) is 1. The molecular weight excluding hydrogens is 283 g/mol. The van der Waals surface area contributed by atoms with E-state index in [0.717, 1.165) is 13.0 Å². The summed E-state index contributed by atoms with van der Waals surface area (Å²) in [6, 6.07) is 3.15. The lowest BCUT2D eigenvalue weighted by Crippen LogP contribution is -2.16. The van der Waals surface area contributed by atoms with Crippen molar-refractivity contribution in [1.29, 1.82) is 0 Å². The van der Waals surface area contributed by atoms with Crippen LogP contribution in [0.3, 0.4) is 0 Å². The summed E-state index contributed by atoms with van der Waals surface area (Å²) < 4.78 is 19.3. The van der Waals surface area contributed by atoms with E-state index in [2.05, 4.69) is 5.32 Å². The van der Waals surface area contributed by atoms with Crippen LogP contribution in [-0.2, 0) is 9.53 Å². The number of carbonyl (C=O) groups is 1.